The molecule has 0 aliphatic rings. The normalized spacial score (nSPS) is 11.1. The molecule has 0 aliphatic heterocycles. The quantitative estimate of drug-likeness (QED) is 0.162. The molecule has 10 aromatic rings. The second-order valence-electron chi connectivity index (χ2n) is 13.9. The predicted molar refractivity (Wildman–Crippen MR) is 233 cm³/mol. The monoisotopic (exact) mass is 745 g/mol. The molecule has 0 saturated heterocycles. The molecule has 0 atom stereocenters. The molecule has 0 spiro atoms. The zero-order valence-electron chi connectivity index (χ0n) is 30.5. The fourth-order valence-corrected chi connectivity index (χ4v) is 8.48. The van der Waals surface area contributed by atoms with Crippen molar-refractivity contribution in [2.24, 2.45) is 0 Å². The molecule has 0 fully saturated rings. The van der Waals surface area contributed by atoms with Gasteiger partial charge in [-0.1, -0.05) is 133 Å². The lowest BCUT2D eigenvalue weighted by molar-refractivity contribution is 1.07. The molecule has 0 amide bonds. The van der Waals surface area contributed by atoms with Crippen LogP contribution in [0, 0.1) is 11.3 Å². The summed E-state index contributed by atoms with van der Waals surface area (Å²) in [5, 5.41) is 11.8. The van der Waals surface area contributed by atoms with Gasteiger partial charge in [-0.15, -0.1) is 11.3 Å². The number of nitriles is 1. The molecule has 0 bridgehead atoms. The van der Waals surface area contributed by atoms with Crippen molar-refractivity contribution in [3.63, 3.8) is 0 Å². The molecule has 3 aromatic heterocycles. The van der Waals surface area contributed by atoms with Gasteiger partial charge in [0.2, 0.25) is 0 Å². The first kappa shape index (κ1) is 33.9. The van der Waals surface area contributed by atoms with E-state index in [0.717, 1.165) is 65.9 Å². The van der Waals surface area contributed by atoms with Gasteiger partial charge < -0.3 is 0 Å². The van der Waals surface area contributed by atoms with Gasteiger partial charge in [-0.25, -0.2) is 15.0 Å². The van der Waals surface area contributed by atoms with Gasteiger partial charge in [-0.2, -0.15) is 5.26 Å². The van der Waals surface area contributed by atoms with Crippen LogP contribution in [0.4, 0.5) is 0 Å². The third-order valence-corrected chi connectivity index (χ3v) is 11.4. The van der Waals surface area contributed by atoms with Gasteiger partial charge >= 0.3 is 0 Å². The van der Waals surface area contributed by atoms with E-state index in [9.17, 15) is 5.26 Å². The minimum atomic E-state index is 0.591. The Morgan fingerprint density at radius 3 is 1.46 bits per heavy atom. The highest BCUT2D eigenvalue weighted by atomic mass is 32.1. The van der Waals surface area contributed by atoms with Crippen molar-refractivity contribution in [1.82, 2.24) is 19.9 Å². The fourth-order valence-electron chi connectivity index (χ4n) is 7.30. The maximum atomic E-state index is 9.41. The van der Waals surface area contributed by atoms with Crippen LogP contribution in [0.15, 0.2) is 188 Å². The molecule has 57 heavy (non-hydrogen) atoms. The van der Waals surface area contributed by atoms with Crippen molar-refractivity contribution < 1.29 is 0 Å². The first-order chi connectivity index (χ1) is 28.1. The summed E-state index contributed by atoms with van der Waals surface area (Å²) in [6.45, 7) is 0. The average molecular weight is 746 g/mol. The van der Waals surface area contributed by atoms with E-state index in [0.29, 0.717) is 23.0 Å². The smallest absolute Gasteiger partial charge is 0.164 e. The van der Waals surface area contributed by atoms with Crippen molar-refractivity contribution in [3.8, 4) is 84.7 Å². The van der Waals surface area contributed by atoms with Gasteiger partial charge in [0.15, 0.2) is 17.5 Å². The van der Waals surface area contributed by atoms with Crippen molar-refractivity contribution in [1.29, 1.82) is 5.26 Å². The molecule has 0 unspecified atom stereocenters. The largest absolute Gasteiger partial charge is 0.264 e. The molecule has 7 aromatic carbocycles. The number of hydrogen-bond donors (Lipinski definition) is 0. The number of thiophene rings is 1. The summed E-state index contributed by atoms with van der Waals surface area (Å²) in [6, 6.07) is 62.9. The van der Waals surface area contributed by atoms with Gasteiger partial charge in [-0.05, 0) is 81.4 Å². The Labute approximate surface area is 333 Å². The number of nitrogens with zero attached hydrogens (tertiary/aromatic N) is 5. The maximum absolute atomic E-state index is 9.41. The number of fused-ring (bicyclic) bond motifs is 3. The van der Waals surface area contributed by atoms with E-state index in [1.165, 1.54) is 15.5 Å². The number of benzene rings is 7. The Hall–Kier alpha value is -7.59. The zero-order valence-corrected chi connectivity index (χ0v) is 31.4. The van der Waals surface area contributed by atoms with Crippen LogP contribution in [0.25, 0.3) is 98.8 Å². The van der Waals surface area contributed by atoms with E-state index >= 15 is 0 Å². The molecule has 5 nitrogen and oxygen atoms in total. The van der Waals surface area contributed by atoms with Crippen LogP contribution in [0.2, 0.25) is 0 Å². The van der Waals surface area contributed by atoms with Crippen molar-refractivity contribution in [2.75, 3.05) is 0 Å². The fraction of sp³-hybridized carbons (Fsp3) is 0. The third-order valence-electron chi connectivity index (χ3n) is 10.3. The van der Waals surface area contributed by atoms with Crippen LogP contribution in [-0.2, 0) is 0 Å². The second kappa shape index (κ2) is 14.6. The number of pyridine rings is 1. The number of hydrogen-bond acceptors (Lipinski definition) is 6. The minimum Gasteiger partial charge on any atom is -0.264 e. The summed E-state index contributed by atoms with van der Waals surface area (Å²) in [5.41, 5.74) is 12.1. The lowest BCUT2D eigenvalue weighted by atomic mass is 9.95. The Morgan fingerprint density at radius 2 is 0.825 bits per heavy atom. The highest BCUT2D eigenvalue weighted by Gasteiger charge is 2.16. The lowest BCUT2D eigenvalue weighted by Crippen LogP contribution is -2.00. The van der Waals surface area contributed by atoms with Crippen LogP contribution in [0.1, 0.15) is 5.56 Å². The predicted octanol–water partition coefficient (Wildman–Crippen LogP) is 13.2. The van der Waals surface area contributed by atoms with Crippen LogP contribution in [0.3, 0.4) is 0 Å². The van der Waals surface area contributed by atoms with Crippen LogP contribution in [-0.4, -0.2) is 19.9 Å². The van der Waals surface area contributed by atoms with Crippen LogP contribution < -0.4 is 0 Å². The van der Waals surface area contributed by atoms with E-state index in [4.69, 9.17) is 15.0 Å². The maximum Gasteiger partial charge on any atom is 0.164 e. The average Bonchev–Trinajstić information content (AvgIpc) is 3.67. The molecule has 0 aliphatic carbocycles. The summed E-state index contributed by atoms with van der Waals surface area (Å²) in [5.74, 6) is 1.81. The Bertz CT molecular complexity index is 3100. The van der Waals surface area contributed by atoms with E-state index in [-0.39, 0.29) is 0 Å². The molecule has 3 heterocycles. The molecule has 0 saturated carbocycles. The van der Waals surface area contributed by atoms with Crippen LogP contribution in [0.5, 0.6) is 0 Å². The minimum absolute atomic E-state index is 0.591. The molecular weight excluding hydrogens is 715 g/mol. The van der Waals surface area contributed by atoms with Crippen molar-refractivity contribution in [2.45, 2.75) is 0 Å². The van der Waals surface area contributed by atoms with Crippen LogP contribution >= 0.6 is 11.3 Å². The highest BCUT2D eigenvalue weighted by Crippen LogP contribution is 2.38. The van der Waals surface area contributed by atoms with Gasteiger partial charge in [0, 0.05) is 54.8 Å². The van der Waals surface area contributed by atoms with E-state index in [2.05, 4.69) is 132 Å². The zero-order chi connectivity index (χ0) is 38.1. The molecule has 0 radical (unpaired) electrons. The van der Waals surface area contributed by atoms with E-state index in [1.807, 2.05) is 60.8 Å². The van der Waals surface area contributed by atoms with Gasteiger partial charge in [-0.3, -0.25) is 4.98 Å². The molecule has 10 rings (SSSR count). The van der Waals surface area contributed by atoms with E-state index < -0.39 is 0 Å². The molecule has 0 N–H and O–H groups in total. The van der Waals surface area contributed by atoms with Crippen molar-refractivity contribution >= 4 is 31.5 Å². The Balaban J connectivity index is 1.06. The Kier molecular flexibility index (Phi) is 8.68. The topological polar surface area (TPSA) is 75.3 Å². The van der Waals surface area contributed by atoms with Crippen molar-refractivity contribution in [3.05, 3.63) is 194 Å². The second-order valence-corrected chi connectivity index (χ2v) is 15.0. The summed E-state index contributed by atoms with van der Waals surface area (Å²) >= 11 is 1.73. The SMILES string of the molecule is N#Cc1ccc2c(c1)sc1cc(-c3ccc(-c4cc(-c5cccnc5)cc(-c5nc(-c6ccccc6)nc(-c6ccc(-c7ccccc7)cc6)n5)c4)cc3)ccc12. The van der Waals surface area contributed by atoms with Gasteiger partial charge in [0.05, 0.1) is 11.6 Å². The lowest BCUT2D eigenvalue weighted by Gasteiger charge is -2.13. The number of aromatic nitrogens is 4. The summed E-state index contributed by atoms with van der Waals surface area (Å²) in [4.78, 5) is 19.6. The standard InChI is InChI=1S/C51H31N5S/c52-31-33-13-23-45-46-24-22-40(30-48(46)57-47(45)26-33)36-14-16-37(17-15-36)42-27-43(41-12-7-25-53-32-41)29-44(28-42)51-55-49(38-10-5-2-6-11-38)54-50(56-51)39-20-18-35(19-21-39)34-8-3-1-4-9-34/h1-30,32H. The summed E-state index contributed by atoms with van der Waals surface area (Å²) in [6.07, 6.45) is 3.68. The third kappa shape index (κ3) is 6.74. The molecular formula is C51H31N5S. The first-order valence-electron chi connectivity index (χ1n) is 18.7. The summed E-state index contributed by atoms with van der Waals surface area (Å²) in [7, 11) is 0. The highest BCUT2D eigenvalue weighted by molar-refractivity contribution is 7.25. The number of rotatable bonds is 7. The van der Waals surface area contributed by atoms with Gasteiger partial charge in [0.1, 0.15) is 0 Å². The first-order valence-corrected chi connectivity index (χ1v) is 19.5. The molecule has 266 valence electrons. The molecule has 6 heteroatoms. The van der Waals surface area contributed by atoms with Gasteiger partial charge in [0.25, 0.3) is 0 Å². The van der Waals surface area contributed by atoms with E-state index in [1.54, 1.807) is 17.5 Å². The Morgan fingerprint density at radius 1 is 0.368 bits per heavy atom. The summed E-state index contributed by atoms with van der Waals surface area (Å²) < 4.78 is 2.33.